The van der Waals surface area contributed by atoms with Crippen molar-refractivity contribution < 1.29 is 4.74 Å². The van der Waals surface area contributed by atoms with Crippen LogP contribution in [0.4, 0.5) is 5.69 Å². The Balaban J connectivity index is 2.57. The van der Waals surface area contributed by atoms with Crippen LogP contribution in [0.1, 0.15) is 0 Å². The maximum atomic E-state index is 6.28. The Morgan fingerprint density at radius 2 is 1.88 bits per heavy atom. The summed E-state index contributed by atoms with van der Waals surface area (Å²) in [5, 5.41) is 11.5. The van der Waals surface area contributed by atoms with E-state index < -0.39 is 0 Å². The molecule has 5 heteroatoms. The molecule has 1 aromatic carbocycles. The number of hydrogen-bond donors (Lipinski definition) is 1. The second-order valence-corrected chi connectivity index (χ2v) is 3.74. The Morgan fingerprint density at radius 3 is 2.47 bits per heavy atom. The standard InChI is InChI=1S/C12H12ClN3O/c1-14-11-9(13)10(15-16-12(11)17-2)8-6-4-3-5-7-8/h3-7H,1-2H3,(H,14,15). The summed E-state index contributed by atoms with van der Waals surface area (Å²) >= 11 is 6.28. The smallest absolute Gasteiger partial charge is 0.258 e. The molecule has 17 heavy (non-hydrogen) atoms. The van der Waals surface area contributed by atoms with Crippen molar-refractivity contribution in [3.8, 4) is 17.1 Å². The highest BCUT2D eigenvalue weighted by molar-refractivity contribution is 6.35. The molecule has 0 fully saturated rings. The minimum atomic E-state index is 0.386. The van der Waals surface area contributed by atoms with Gasteiger partial charge in [-0.1, -0.05) is 41.9 Å². The molecule has 4 nitrogen and oxygen atoms in total. The maximum absolute atomic E-state index is 6.28. The second-order valence-electron chi connectivity index (χ2n) is 3.36. The van der Waals surface area contributed by atoms with E-state index in [1.165, 1.54) is 7.11 Å². The lowest BCUT2D eigenvalue weighted by Gasteiger charge is -2.11. The molecule has 0 aliphatic heterocycles. The first-order chi connectivity index (χ1) is 8.27. The largest absolute Gasteiger partial charge is 0.478 e. The van der Waals surface area contributed by atoms with Crippen LogP contribution in [0, 0.1) is 0 Å². The van der Waals surface area contributed by atoms with Gasteiger partial charge in [0.05, 0.1) is 12.1 Å². The summed E-state index contributed by atoms with van der Waals surface area (Å²) in [6.07, 6.45) is 0. The molecule has 0 saturated heterocycles. The molecule has 2 aromatic rings. The third-order valence-corrected chi connectivity index (χ3v) is 2.74. The van der Waals surface area contributed by atoms with Gasteiger partial charge >= 0.3 is 0 Å². The van der Waals surface area contributed by atoms with Gasteiger partial charge in [0.2, 0.25) is 0 Å². The number of benzene rings is 1. The van der Waals surface area contributed by atoms with E-state index in [4.69, 9.17) is 16.3 Å². The minimum absolute atomic E-state index is 0.386. The lowest BCUT2D eigenvalue weighted by atomic mass is 10.1. The van der Waals surface area contributed by atoms with Crippen LogP contribution in [0.3, 0.4) is 0 Å². The Labute approximate surface area is 105 Å². The summed E-state index contributed by atoms with van der Waals surface area (Å²) in [6, 6.07) is 9.66. The van der Waals surface area contributed by atoms with Crippen LogP contribution >= 0.6 is 11.6 Å². The summed E-state index contributed by atoms with van der Waals surface area (Å²) < 4.78 is 5.09. The Kier molecular flexibility index (Phi) is 3.44. The van der Waals surface area contributed by atoms with Gasteiger partial charge < -0.3 is 10.1 Å². The molecule has 0 amide bonds. The third-order valence-electron chi connectivity index (χ3n) is 2.37. The highest BCUT2D eigenvalue weighted by Crippen LogP contribution is 2.36. The van der Waals surface area contributed by atoms with Gasteiger partial charge in [-0.25, -0.2) is 0 Å². The van der Waals surface area contributed by atoms with Crippen molar-refractivity contribution in [3.05, 3.63) is 35.4 Å². The van der Waals surface area contributed by atoms with Crippen LogP contribution in [0.5, 0.6) is 5.88 Å². The van der Waals surface area contributed by atoms with Crippen LogP contribution < -0.4 is 10.1 Å². The molecule has 0 saturated carbocycles. The van der Waals surface area contributed by atoms with Crippen LogP contribution in [0.2, 0.25) is 5.02 Å². The lowest BCUT2D eigenvalue weighted by Crippen LogP contribution is -2.01. The molecular weight excluding hydrogens is 238 g/mol. The van der Waals surface area contributed by atoms with E-state index in [1.54, 1.807) is 7.05 Å². The van der Waals surface area contributed by atoms with E-state index in [-0.39, 0.29) is 0 Å². The fourth-order valence-corrected chi connectivity index (χ4v) is 1.86. The molecular formula is C12H12ClN3O. The third kappa shape index (κ3) is 2.17. The molecule has 2 rings (SSSR count). The van der Waals surface area contributed by atoms with E-state index in [0.717, 1.165) is 5.56 Å². The number of hydrogen-bond acceptors (Lipinski definition) is 4. The van der Waals surface area contributed by atoms with Crippen molar-refractivity contribution in [2.24, 2.45) is 0 Å². The van der Waals surface area contributed by atoms with Crippen LogP contribution in [0.15, 0.2) is 30.3 Å². The van der Waals surface area contributed by atoms with Crippen molar-refractivity contribution in [1.82, 2.24) is 10.2 Å². The SMILES string of the molecule is CNc1c(OC)nnc(-c2ccccc2)c1Cl. The predicted octanol–water partition coefficient (Wildman–Crippen LogP) is 2.85. The number of aromatic nitrogens is 2. The molecule has 0 spiro atoms. The molecule has 0 unspecified atom stereocenters. The molecule has 1 N–H and O–H groups in total. The van der Waals surface area contributed by atoms with Crippen molar-refractivity contribution in [3.63, 3.8) is 0 Å². The highest BCUT2D eigenvalue weighted by atomic mass is 35.5. The molecule has 0 bridgehead atoms. The predicted molar refractivity (Wildman–Crippen MR) is 68.6 cm³/mol. The second kappa shape index (κ2) is 5.01. The number of nitrogens with zero attached hydrogens (tertiary/aromatic N) is 2. The zero-order valence-corrected chi connectivity index (χ0v) is 10.3. The lowest BCUT2D eigenvalue weighted by molar-refractivity contribution is 0.394. The van der Waals surface area contributed by atoms with Crippen LogP contribution in [0.25, 0.3) is 11.3 Å². The van der Waals surface area contributed by atoms with Crippen molar-refractivity contribution in [1.29, 1.82) is 0 Å². The zero-order valence-electron chi connectivity index (χ0n) is 9.57. The number of anilines is 1. The summed E-state index contributed by atoms with van der Waals surface area (Å²) in [4.78, 5) is 0. The minimum Gasteiger partial charge on any atom is -0.478 e. The van der Waals surface area contributed by atoms with Gasteiger partial charge in [0.1, 0.15) is 11.4 Å². The van der Waals surface area contributed by atoms with E-state index in [9.17, 15) is 0 Å². The summed E-state index contributed by atoms with van der Waals surface area (Å²) in [6.45, 7) is 0. The fraction of sp³-hybridized carbons (Fsp3) is 0.167. The van der Waals surface area contributed by atoms with Gasteiger partial charge in [-0.3, -0.25) is 0 Å². The number of halogens is 1. The van der Waals surface area contributed by atoms with E-state index >= 15 is 0 Å². The van der Waals surface area contributed by atoms with Gasteiger partial charge in [0.15, 0.2) is 0 Å². The highest BCUT2D eigenvalue weighted by Gasteiger charge is 2.15. The first-order valence-electron chi connectivity index (χ1n) is 5.11. The first-order valence-corrected chi connectivity index (χ1v) is 5.49. The van der Waals surface area contributed by atoms with Gasteiger partial charge in [0.25, 0.3) is 5.88 Å². The number of nitrogens with one attached hydrogen (secondary N) is 1. The monoisotopic (exact) mass is 249 g/mol. The quantitative estimate of drug-likeness (QED) is 0.909. The average molecular weight is 250 g/mol. The molecule has 0 atom stereocenters. The van der Waals surface area contributed by atoms with Crippen molar-refractivity contribution in [2.75, 3.05) is 19.5 Å². The maximum Gasteiger partial charge on any atom is 0.258 e. The molecule has 0 aliphatic rings. The zero-order chi connectivity index (χ0) is 12.3. The molecule has 0 radical (unpaired) electrons. The first kappa shape index (κ1) is 11.7. The Hall–Kier alpha value is -1.81. The van der Waals surface area contributed by atoms with Gasteiger partial charge in [-0.15, -0.1) is 10.2 Å². The van der Waals surface area contributed by atoms with Gasteiger partial charge in [-0.05, 0) is 0 Å². The molecule has 0 aliphatic carbocycles. The van der Waals surface area contributed by atoms with Crippen LogP contribution in [-0.2, 0) is 0 Å². The van der Waals surface area contributed by atoms with Crippen LogP contribution in [-0.4, -0.2) is 24.4 Å². The van der Waals surface area contributed by atoms with Crippen molar-refractivity contribution >= 4 is 17.3 Å². The van der Waals surface area contributed by atoms with Gasteiger partial charge in [0, 0.05) is 12.6 Å². The van der Waals surface area contributed by atoms with E-state index in [1.807, 2.05) is 30.3 Å². The fourth-order valence-electron chi connectivity index (χ4n) is 1.54. The Morgan fingerprint density at radius 1 is 1.18 bits per heavy atom. The summed E-state index contributed by atoms with van der Waals surface area (Å²) in [5.41, 5.74) is 2.20. The van der Waals surface area contributed by atoms with E-state index in [2.05, 4.69) is 15.5 Å². The average Bonchev–Trinajstić information content (AvgIpc) is 2.39. The number of rotatable bonds is 3. The van der Waals surface area contributed by atoms with Gasteiger partial charge in [-0.2, -0.15) is 0 Å². The summed E-state index contributed by atoms with van der Waals surface area (Å²) in [5.74, 6) is 0.386. The molecule has 1 heterocycles. The number of methoxy groups -OCH3 is 1. The molecule has 88 valence electrons. The molecule has 1 aromatic heterocycles. The summed E-state index contributed by atoms with van der Waals surface area (Å²) in [7, 11) is 3.30. The van der Waals surface area contributed by atoms with E-state index in [0.29, 0.717) is 22.3 Å². The topological polar surface area (TPSA) is 47.0 Å². The van der Waals surface area contributed by atoms with Crippen molar-refractivity contribution in [2.45, 2.75) is 0 Å². The Bertz CT molecular complexity index is 517. The normalized spacial score (nSPS) is 10.1. The number of ether oxygens (including phenoxy) is 1.